The third-order valence-electron chi connectivity index (χ3n) is 3.04. The van der Waals surface area contributed by atoms with Crippen molar-refractivity contribution in [2.75, 3.05) is 20.2 Å². The lowest BCUT2D eigenvalue weighted by molar-refractivity contribution is 0.154. The van der Waals surface area contributed by atoms with Crippen LogP contribution >= 0.6 is 23.2 Å². The summed E-state index contributed by atoms with van der Waals surface area (Å²) >= 11 is 12.0. The Morgan fingerprint density at radius 2 is 1.73 bits per heavy atom. The van der Waals surface area contributed by atoms with E-state index in [1.54, 1.807) is 0 Å². The molecule has 0 unspecified atom stereocenters. The Kier molecular flexibility index (Phi) is 6.76. The van der Waals surface area contributed by atoms with E-state index in [1.807, 2.05) is 49.5 Å². The lowest BCUT2D eigenvalue weighted by Crippen LogP contribution is -2.05. The van der Waals surface area contributed by atoms with Crippen molar-refractivity contribution < 1.29 is 4.74 Å². The number of benzene rings is 2. The van der Waals surface area contributed by atoms with Crippen molar-refractivity contribution in [2.24, 2.45) is 0 Å². The molecule has 0 heterocycles. The van der Waals surface area contributed by atoms with E-state index in [9.17, 15) is 0 Å². The van der Waals surface area contributed by atoms with Crippen molar-refractivity contribution in [2.45, 2.75) is 6.61 Å². The van der Waals surface area contributed by atoms with E-state index in [1.165, 1.54) is 0 Å². The topological polar surface area (TPSA) is 21.3 Å². The summed E-state index contributed by atoms with van der Waals surface area (Å²) in [5, 5.41) is 4.37. The van der Waals surface area contributed by atoms with Crippen LogP contribution in [0.25, 0.3) is 11.1 Å². The number of hydrogen-bond donors (Lipinski definition) is 1. The van der Waals surface area contributed by atoms with Gasteiger partial charge in [-0.3, -0.25) is 0 Å². The number of rotatable bonds is 5. The maximum atomic E-state index is 6.10. The summed E-state index contributed by atoms with van der Waals surface area (Å²) in [6, 6.07) is 13.5. The minimum Gasteiger partial charge on any atom is -0.364 e. The fraction of sp³-hybridized carbons (Fsp3) is 0.222. The van der Waals surface area contributed by atoms with Gasteiger partial charge in [0.15, 0.2) is 0 Å². The molecular weight excluding hydrogens is 317 g/mol. The number of hydrogen-bond acceptors (Lipinski definition) is 2. The van der Waals surface area contributed by atoms with E-state index < -0.39 is 0 Å². The molecule has 0 radical (unpaired) electrons. The molecular formula is C18H17Cl2NO. The molecule has 4 heteroatoms. The fourth-order valence-electron chi connectivity index (χ4n) is 2.01. The molecule has 0 bridgehead atoms. The molecule has 2 rings (SSSR count). The second-order valence-electron chi connectivity index (χ2n) is 4.69. The average molecular weight is 334 g/mol. The molecule has 0 aliphatic rings. The minimum atomic E-state index is 0.397. The molecule has 1 N–H and O–H groups in total. The normalized spacial score (nSPS) is 10.1. The second-order valence-corrected chi connectivity index (χ2v) is 5.56. The van der Waals surface area contributed by atoms with Crippen molar-refractivity contribution in [3.63, 3.8) is 0 Å². The van der Waals surface area contributed by atoms with Crippen molar-refractivity contribution in [3.8, 4) is 23.0 Å². The van der Waals surface area contributed by atoms with Gasteiger partial charge in [0, 0.05) is 10.0 Å². The van der Waals surface area contributed by atoms with E-state index in [2.05, 4.69) is 17.2 Å². The van der Waals surface area contributed by atoms with Crippen LogP contribution in [0.2, 0.25) is 10.0 Å². The molecule has 0 saturated heterocycles. The van der Waals surface area contributed by atoms with Gasteiger partial charge >= 0.3 is 0 Å². The molecule has 2 nitrogen and oxygen atoms in total. The highest BCUT2D eigenvalue weighted by atomic mass is 35.5. The third-order valence-corrected chi connectivity index (χ3v) is 3.53. The number of halogens is 2. The largest absolute Gasteiger partial charge is 0.364 e. The Bertz CT molecular complexity index is 672. The van der Waals surface area contributed by atoms with Crippen LogP contribution in [0.3, 0.4) is 0 Å². The molecule has 0 aliphatic carbocycles. The monoisotopic (exact) mass is 333 g/mol. The summed E-state index contributed by atoms with van der Waals surface area (Å²) in [6.07, 6.45) is 0. The molecule has 0 fully saturated rings. The summed E-state index contributed by atoms with van der Waals surface area (Å²) in [5.41, 5.74) is 3.20. The lowest BCUT2D eigenvalue weighted by Gasteiger charge is -2.10. The highest BCUT2D eigenvalue weighted by molar-refractivity contribution is 6.31. The van der Waals surface area contributed by atoms with Gasteiger partial charge in [0.25, 0.3) is 0 Å². The molecule has 2 aromatic rings. The van der Waals surface area contributed by atoms with Crippen LogP contribution in [0.4, 0.5) is 0 Å². The zero-order chi connectivity index (χ0) is 15.8. The minimum absolute atomic E-state index is 0.397. The summed E-state index contributed by atoms with van der Waals surface area (Å²) in [7, 11) is 1.86. The van der Waals surface area contributed by atoms with E-state index in [0.29, 0.717) is 24.8 Å². The van der Waals surface area contributed by atoms with Crippen LogP contribution in [0, 0.1) is 11.8 Å². The van der Waals surface area contributed by atoms with Gasteiger partial charge in [0.2, 0.25) is 0 Å². The van der Waals surface area contributed by atoms with Gasteiger partial charge in [-0.2, -0.15) is 0 Å². The van der Waals surface area contributed by atoms with Gasteiger partial charge < -0.3 is 10.1 Å². The molecule has 0 amide bonds. The smallest absolute Gasteiger partial charge is 0.108 e. The maximum Gasteiger partial charge on any atom is 0.108 e. The Morgan fingerprint density at radius 3 is 2.45 bits per heavy atom. The Hall–Kier alpha value is -1.50. The Balaban J connectivity index is 2.11. The van der Waals surface area contributed by atoms with Gasteiger partial charge in [-0.25, -0.2) is 0 Å². The van der Waals surface area contributed by atoms with Crippen LogP contribution in [0.1, 0.15) is 5.56 Å². The van der Waals surface area contributed by atoms with E-state index in [0.717, 1.165) is 21.7 Å². The van der Waals surface area contributed by atoms with Gasteiger partial charge in [0.05, 0.1) is 13.2 Å². The first-order valence-corrected chi connectivity index (χ1v) is 7.68. The predicted molar refractivity (Wildman–Crippen MR) is 93.3 cm³/mol. The highest BCUT2D eigenvalue weighted by Crippen LogP contribution is 2.28. The van der Waals surface area contributed by atoms with Crippen molar-refractivity contribution in [1.29, 1.82) is 0 Å². The molecule has 2 aromatic carbocycles. The van der Waals surface area contributed by atoms with Gasteiger partial charge in [-0.05, 0) is 48.0 Å². The standard InChI is InChI=1S/C18H17Cl2NO/c1-21-10-2-3-11-22-13-15-12-17(20)8-9-18(15)14-4-6-16(19)7-5-14/h4-9,12,21H,10-11,13H2,1H3. The molecule has 0 aliphatic heterocycles. The summed E-state index contributed by atoms with van der Waals surface area (Å²) in [6.45, 7) is 1.53. The zero-order valence-electron chi connectivity index (χ0n) is 12.3. The highest BCUT2D eigenvalue weighted by Gasteiger charge is 2.06. The molecule has 114 valence electrons. The zero-order valence-corrected chi connectivity index (χ0v) is 13.8. The summed E-state index contributed by atoms with van der Waals surface area (Å²) in [4.78, 5) is 0. The first-order chi connectivity index (χ1) is 10.7. The van der Waals surface area contributed by atoms with E-state index in [-0.39, 0.29) is 0 Å². The van der Waals surface area contributed by atoms with Crippen LogP contribution in [0.15, 0.2) is 42.5 Å². The van der Waals surface area contributed by atoms with Gasteiger partial charge in [0.1, 0.15) is 6.61 Å². The Labute approximate surface area is 141 Å². The van der Waals surface area contributed by atoms with Crippen molar-refractivity contribution in [1.82, 2.24) is 5.32 Å². The first-order valence-electron chi connectivity index (χ1n) is 6.93. The van der Waals surface area contributed by atoms with Crippen LogP contribution in [-0.2, 0) is 11.3 Å². The SMILES string of the molecule is CNCC#CCOCc1cc(Cl)ccc1-c1ccc(Cl)cc1. The summed E-state index contributed by atoms with van der Waals surface area (Å²) in [5.74, 6) is 5.91. The summed E-state index contributed by atoms with van der Waals surface area (Å²) < 4.78 is 5.62. The predicted octanol–water partition coefficient (Wildman–Crippen LogP) is 4.40. The van der Waals surface area contributed by atoms with Crippen molar-refractivity contribution in [3.05, 3.63) is 58.1 Å². The lowest BCUT2D eigenvalue weighted by atomic mass is 10.0. The van der Waals surface area contributed by atoms with Crippen LogP contribution in [0.5, 0.6) is 0 Å². The van der Waals surface area contributed by atoms with Crippen LogP contribution < -0.4 is 5.32 Å². The van der Waals surface area contributed by atoms with Gasteiger partial charge in [-0.1, -0.05) is 53.2 Å². The van der Waals surface area contributed by atoms with E-state index >= 15 is 0 Å². The molecule has 0 saturated carbocycles. The fourth-order valence-corrected chi connectivity index (χ4v) is 2.33. The molecule has 22 heavy (non-hydrogen) atoms. The molecule has 0 aromatic heterocycles. The number of nitrogens with one attached hydrogen (secondary N) is 1. The van der Waals surface area contributed by atoms with Crippen molar-refractivity contribution >= 4 is 23.2 Å². The average Bonchev–Trinajstić information content (AvgIpc) is 2.52. The van der Waals surface area contributed by atoms with E-state index in [4.69, 9.17) is 27.9 Å². The molecule has 0 spiro atoms. The quantitative estimate of drug-likeness (QED) is 0.646. The first kappa shape index (κ1) is 16.9. The number of ether oxygens (including phenoxy) is 1. The van der Waals surface area contributed by atoms with Crippen LogP contribution in [-0.4, -0.2) is 20.2 Å². The second kappa shape index (κ2) is 8.82. The van der Waals surface area contributed by atoms with Gasteiger partial charge in [-0.15, -0.1) is 0 Å². The maximum absolute atomic E-state index is 6.10. The third kappa shape index (κ3) is 5.05. The molecule has 0 atom stereocenters. The Morgan fingerprint density at radius 1 is 1.00 bits per heavy atom.